The van der Waals surface area contributed by atoms with E-state index in [4.69, 9.17) is 10.2 Å². The number of halogens is 1. The molecule has 1 fully saturated rings. The van der Waals surface area contributed by atoms with Gasteiger partial charge in [-0.25, -0.2) is 9.37 Å². The molecule has 0 spiro atoms. The molecule has 1 saturated heterocycles. The molecule has 2 aromatic carbocycles. The van der Waals surface area contributed by atoms with Crippen LogP contribution in [0.5, 0.6) is 0 Å². The van der Waals surface area contributed by atoms with Crippen LogP contribution in [0.4, 0.5) is 16.0 Å². The Kier molecular flexibility index (Phi) is 6.29. The minimum Gasteiger partial charge on any atom is -0.342 e. The molecule has 0 saturated carbocycles. The summed E-state index contributed by atoms with van der Waals surface area (Å²) in [4.78, 5) is 33.0. The van der Waals surface area contributed by atoms with Gasteiger partial charge >= 0.3 is 0 Å². The molecule has 9 heteroatoms. The lowest BCUT2D eigenvalue weighted by atomic mass is 9.96. The number of carbonyl (C=O) groups excluding carboxylic acids is 1. The topological polar surface area (TPSA) is 91.0 Å². The smallest absolute Gasteiger partial charge is 0.273 e. The van der Waals surface area contributed by atoms with E-state index in [1.54, 1.807) is 10.6 Å². The van der Waals surface area contributed by atoms with Gasteiger partial charge in [-0.15, -0.1) is 11.3 Å². The van der Waals surface area contributed by atoms with Crippen LogP contribution in [0.3, 0.4) is 0 Å². The number of aromatic nitrogens is 2. The molecule has 7 nitrogen and oxygen atoms in total. The zero-order valence-corrected chi connectivity index (χ0v) is 19.6. The largest absolute Gasteiger partial charge is 0.342 e. The maximum absolute atomic E-state index is 13.6. The van der Waals surface area contributed by atoms with Crippen molar-refractivity contribution in [2.45, 2.75) is 19.4 Å². The van der Waals surface area contributed by atoms with Crippen molar-refractivity contribution in [3.05, 3.63) is 87.3 Å². The third-order valence-electron chi connectivity index (χ3n) is 6.23. The first-order valence-corrected chi connectivity index (χ1v) is 12.2. The number of anilines is 2. The predicted molar refractivity (Wildman–Crippen MR) is 134 cm³/mol. The van der Waals surface area contributed by atoms with Gasteiger partial charge in [-0.1, -0.05) is 30.3 Å². The highest BCUT2D eigenvalue weighted by Gasteiger charge is 2.28. The quantitative estimate of drug-likeness (QED) is 0.451. The number of nitrogens with zero attached hydrogens (tertiary/aromatic N) is 4. The number of piperidine rings is 1. The van der Waals surface area contributed by atoms with Crippen molar-refractivity contribution in [1.29, 1.82) is 5.26 Å². The molecule has 0 aliphatic carbocycles. The minimum absolute atomic E-state index is 0.0617. The number of fused-ring (bicyclic) bond motifs is 1. The van der Waals surface area contributed by atoms with Gasteiger partial charge in [-0.2, -0.15) is 5.26 Å². The molecule has 3 heterocycles. The third-order valence-corrected chi connectivity index (χ3v) is 7.12. The number of amides is 1. The lowest BCUT2D eigenvalue weighted by Crippen LogP contribution is -2.41. The molecule has 35 heavy (non-hydrogen) atoms. The van der Waals surface area contributed by atoms with Crippen molar-refractivity contribution >= 4 is 39.1 Å². The van der Waals surface area contributed by atoms with Crippen LogP contribution in [-0.4, -0.2) is 28.5 Å². The Hall–Kier alpha value is -4.03. The number of nitriles is 1. The molecule has 0 radical (unpaired) electrons. The van der Waals surface area contributed by atoms with Crippen LogP contribution in [0.1, 0.15) is 24.0 Å². The summed E-state index contributed by atoms with van der Waals surface area (Å²) in [6.45, 7) is 1.56. The number of carbonyl (C=O) groups is 1. The van der Waals surface area contributed by atoms with E-state index in [1.807, 2.05) is 41.8 Å². The van der Waals surface area contributed by atoms with E-state index < -0.39 is 5.82 Å². The molecule has 1 N–H and O–H groups in total. The Morgan fingerprint density at radius 2 is 1.94 bits per heavy atom. The lowest BCUT2D eigenvalue weighted by Gasteiger charge is -2.33. The second kappa shape index (κ2) is 9.68. The molecule has 1 aliphatic rings. The van der Waals surface area contributed by atoms with Gasteiger partial charge in [0.05, 0.1) is 17.6 Å². The van der Waals surface area contributed by atoms with E-state index in [9.17, 15) is 14.0 Å². The summed E-state index contributed by atoms with van der Waals surface area (Å²) >= 11 is 1.39. The van der Waals surface area contributed by atoms with Crippen molar-refractivity contribution in [3.63, 3.8) is 0 Å². The summed E-state index contributed by atoms with van der Waals surface area (Å²) in [5.41, 5.74) is 1.93. The summed E-state index contributed by atoms with van der Waals surface area (Å²) in [5, 5.41) is 13.7. The van der Waals surface area contributed by atoms with Crippen LogP contribution in [0.25, 0.3) is 10.2 Å². The summed E-state index contributed by atoms with van der Waals surface area (Å²) in [6, 6.07) is 17.4. The zero-order chi connectivity index (χ0) is 24.4. The fourth-order valence-corrected chi connectivity index (χ4v) is 5.14. The molecule has 1 amide bonds. The Morgan fingerprint density at radius 3 is 2.69 bits per heavy atom. The molecule has 0 atom stereocenters. The highest BCUT2D eigenvalue weighted by atomic mass is 32.1. The highest BCUT2D eigenvalue weighted by molar-refractivity contribution is 7.17. The Morgan fingerprint density at radius 1 is 1.17 bits per heavy atom. The van der Waals surface area contributed by atoms with Gasteiger partial charge in [-0.3, -0.25) is 14.2 Å². The van der Waals surface area contributed by atoms with Crippen LogP contribution >= 0.6 is 11.3 Å². The first-order chi connectivity index (χ1) is 17.0. The van der Waals surface area contributed by atoms with E-state index >= 15 is 0 Å². The first-order valence-electron chi connectivity index (χ1n) is 11.3. The number of hydrogen-bond donors (Lipinski definition) is 1. The molecule has 2 aromatic heterocycles. The van der Waals surface area contributed by atoms with Gasteiger partial charge in [-0.05, 0) is 48.1 Å². The molecule has 4 aromatic rings. The summed E-state index contributed by atoms with van der Waals surface area (Å²) < 4.78 is 15.9. The van der Waals surface area contributed by atoms with E-state index in [2.05, 4.69) is 10.2 Å². The van der Waals surface area contributed by atoms with Gasteiger partial charge < -0.3 is 10.2 Å². The number of nitrogens with one attached hydrogen (secondary N) is 1. The summed E-state index contributed by atoms with van der Waals surface area (Å²) in [5.74, 6) is -0.402. The van der Waals surface area contributed by atoms with Gasteiger partial charge in [0.1, 0.15) is 16.6 Å². The first kappa shape index (κ1) is 22.7. The van der Waals surface area contributed by atoms with Crippen LogP contribution < -0.4 is 15.8 Å². The van der Waals surface area contributed by atoms with Crippen LogP contribution in [0.2, 0.25) is 0 Å². The number of hydrogen-bond acceptors (Lipinski definition) is 6. The van der Waals surface area contributed by atoms with Gasteiger partial charge in [0.25, 0.3) is 5.56 Å². The molecule has 5 rings (SSSR count). The van der Waals surface area contributed by atoms with Gasteiger partial charge in [0.15, 0.2) is 0 Å². The van der Waals surface area contributed by atoms with E-state index in [0.717, 1.165) is 5.56 Å². The second-order valence-corrected chi connectivity index (χ2v) is 9.40. The minimum atomic E-state index is -0.615. The van der Waals surface area contributed by atoms with E-state index in [1.165, 1.54) is 29.5 Å². The third kappa shape index (κ3) is 4.66. The number of thiophene rings is 1. The highest BCUT2D eigenvalue weighted by Crippen LogP contribution is 2.26. The van der Waals surface area contributed by atoms with Crippen molar-refractivity contribution in [1.82, 2.24) is 9.55 Å². The average Bonchev–Trinajstić information content (AvgIpc) is 3.36. The van der Waals surface area contributed by atoms with Gasteiger partial charge in [0, 0.05) is 24.7 Å². The fraction of sp³-hybridized carbons (Fsp3) is 0.231. The maximum atomic E-state index is 13.6. The zero-order valence-electron chi connectivity index (χ0n) is 18.8. The van der Waals surface area contributed by atoms with Crippen LogP contribution in [0.15, 0.2) is 64.8 Å². The molecule has 0 bridgehead atoms. The molecule has 1 aliphatic heterocycles. The molecular formula is C26H22FN5O2S. The molecule has 0 unspecified atom stereocenters. The monoisotopic (exact) mass is 487 g/mol. The summed E-state index contributed by atoms with van der Waals surface area (Å²) in [6.07, 6.45) is 1.17. The molecular weight excluding hydrogens is 465 g/mol. The van der Waals surface area contributed by atoms with Crippen molar-refractivity contribution < 1.29 is 9.18 Å². The lowest BCUT2D eigenvalue weighted by molar-refractivity contribution is -0.120. The van der Waals surface area contributed by atoms with Crippen molar-refractivity contribution in [3.8, 4) is 6.07 Å². The normalized spacial score (nSPS) is 14.1. The predicted octanol–water partition coefficient (Wildman–Crippen LogP) is 4.37. The van der Waals surface area contributed by atoms with E-state index in [-0.39, 0.29) is 22.9 Å². The second-order valence-electron chi connectivity index (χ2n) is 8.48. The van der Waals surface area contributed by atoms with Crippen molar-refractivity contribution in [2.75, 3.05) is 23.3 Å². The standard InChI is InChI=1S/C26H22FN5O2S/c27-21-7-6-20(14-19(21)15-28)29-24(33)18-8-11-31(12-9-18)26-30-22-10-13-35-23(22)25(34)32(26)16-17-4-2-1-3-5-17/h1-7,10,13-14,18H,8-9,11-12,16H2,(H,29,33). The Bertz CT molecular complexity index is 1480. The van der Waals surface area contributed by atoms with Crippen molar-refractivity contribution in [2.24, 2.45) is 5.92 Å². The Balaban J connectivity index is 1.34. The summed E-state index contributed by atoms with van der Waals surface area (Å²) in [7, 11) is 0. The number of rotatable bonds is 5. The van der Waals surface area contributed by atoms with Crippen LogP contribution in [0, 0.1) is 23.1 Å². The van der Waals surface area contributed by atoms with Crippen LogP contribution in [-0.2, 0) is 11.3 Å². The SMILES string of the molecule is N#Cc1cc(NC(=O)C2CCN(c3nc4ccsc4c(=O)n3Cc3ccccc3)CC2)ccc1F. The average molecular weight is 488 g/mol. The van der Waals surface area contributed by atoms with E-state index in [0.29, 0.717) is 54.3 Å². The van der Waals surface area contributed by atoms with Gasteiger partial charge in [0.2, 0.25) is 11.9 Å². The molecule has 176 valence electrons. The number of benzene rings is 2. The maximum Gasteiger partial charge on any atom is 0.273 e. The Labute approximate surface area is 205 Å². The fourth-order valence-electron chi connectivity index (χ4n) is 4.36.